The molecule has 0 saturated carbocycles. The molecule has 0 unspecified atom stereocenters. The average Bonchev–Trinajstić information content (AvgIpc) is 3.38. The molecule has 140 valence electrons. The second-order valence-electron chi connectivity index (χ2n) is 5.96. The van der Waals surface area contributed by atoms with E-state index >= 15 is 0 Å². The Morgan fingerprint density at radius 1 is 1.21 bits per heavy atom. The van der Waals surface area contributed by atoms with Crippen molar-refractivity contribution in [2.24, 2.45) is 0 Å². The molecule has 7 nitrogen and oxygen atoms in total. The zero-order chi connectivity index (χ0) is 19.5. The number of carbonyl (C=O) groups is 1. The lowest BCUT2D eigenvalue weighted by molar-refractivity contribution is 0.102. The van der Waals surface area contributed by atoms with Gasteiger partial charge in [-0.15, -0.1) is 11.3 Å². The lowest BCUT2D eigenvalue weighted by Crippen LogP contribution is -2.11. The Morgan fingerprint density at radius 2 is 2.04 bits per heavy atom. The van der Waals surface area contributed by atoms with E-state index in [0.29, 0.717) is 16.5 Å². The number of rotatable bonds is 5. The van der Waals surface area contributed by atoms with Crippen LogP contribution in [0.5, 0.6) is 5.75 Å². The van der Waals surface area contributed by atoms with E-state index < -0.39 is 0 Å². The summed E-state index contributed by atoms with van der Waals surface area (Å²) in [4.78, 5) is 21.5. The lowest BCUT2D eigenvalue weighted by Gasteiger charge is -2.03. The number of nitrogens with one attached hydrogen (secondary N) is 1. The van der Waals surface area contributed by atoms with Gasteiger partial charge in [0.15, 0.2) is 10.9 Å². The van der Waals surface area contributed by atoms with Gasteiger partial charge in [-0.05, 0) is 42.8 Å². The quantitative estimate of drug-likeness (QED) is 0.540. The van der Waals surface area contributed by atoms with Gasteiger partial charge in [-0.25, -0.2) is 4.98 Å². The molecule has 1 N–H and O–H groups in total. The van der Waals surface area contributed by atoms with E-state index in [-0.39, 0.29) is 5.91 Å². The number of benzene rings is 1. The fourth-order valence-corrected chi connectivity index (χ4v) is 3.40. The van der Waals surface area contributed by atoms with E-state index in [1.165, 1.54) is 17.5 Å². The number of carbonyl (C=O) groups excluding carboxylic acids is 1. The molecule has 4 rings (SSSR count). The van der Waals surface area contributed by atoms with Crippen LogP contribution in [-0.4, -0.2) is 28.1 Å². The zero-order valence-corrected chi connectivity index (χ0v) is 16.0. The standard InChI is InChI=1S/C20H16N4O3S/c1-12-4-3-9-21-17(12)16-11-28-20(23-16)24-19(25)15-10-22-27-18(15)13-5-7-14(26-2)8-6-13/h3-11H,1-2H3,(H,23,24,25). The van der Waals surface area contributed by atoms with Crippen LogP contribution in [-0.2, 0) is 0 Å². The minimum atomic E-state index is -0.342. The van der Waals surface area contributed by atoms with Gasteiger partial charge in [0.1, 0.15) is 17.0 Å². The normalized spacial score (nSPS) is 10.6. The Labute approximate surface area is 165 Å². The first-order valence-corrected chi connectivity index (χ1v) is 9.31. The Hall–Kier alpha value is -3.52. The molecule has 0 atom stereocenters. The maximum absolute atomic E-state index is 12.7. The summed E-state index contributed by atoms with van der Waals surface area (Å²) in [6.45, 7) is 1.97. The van der Waals surface area contributed by atoms with Gasteiger partial charge in [0.05, 0.1) is 19.0 Å². The first kappa shape index (κ1) is 17.9. The number of hydrogen-bond donors (Lipinski definition) is 1. The number of hydrogen-bond acceptors (Lipinski definition) is 7. The number of amides is 1. The highest BCUT2D eigenvalue weighted by Gasteiger charge is 2.19. The van der Waals surface area contributed by atoms with Crippen molar-refractivity contribution in [3.05, 3.63) is 65.3 Å². The Kier molecular flexibility index (Phi) is 4.86. The molecule has 1 aromatic carbocycles. The average molecular weight is 392 g/mol. The van der Waals surface area contributed by atoms with E-state index in [9.17, 15) is 4.79 Å². The van der Waals surface area contributed by atoms with Crippen LogP contribution < -0.4 is 10.1 Å². The number of pyridine rings is 1. The van der Waals surface area contributed by atoms with E-state index in [4.69, 9.17) is 9.26 Å². The molecule has 8 heteroatoms. The highest BCUT2D eigenvalue weighted by atomic mass is 32.1. The topological polar surface area (TPSA) is 90.1 Å². The van der Waals surface area contributed by atoms with Gasteiger partial charge >= 0.3 is 0 Å². The van der Waals surface area contributed by atoms with Gasteiger partial charge in [0, 0.05) is 17.1 Å². The van der Waals surface area contributed by atoms with Crippen LogP contribution in [0.4, 0.5) is 5.13 Å². The molecule has 0 aliphatic carbocycles. The Morgan fingerprint density at radius 3 is 2.79 bits per heavy atom. The Balaban J connectivity index is 1.55. The molecule has 4 aromatic rings. The summed E-state index contributed by atoms with van der Waals surface area (Å²) >= 11 is 1.33. The summed E-state index contributed by atoms with van der Waals surface area (Å²) in [5, 5.41) is 8.92. The van der Waals surface area contributed by atoms with Crippen LogP contribution in [0.2, 0.25) is 0 Å². The number of aromatic nitrogens is 3. The van der Waals surface area contributed by atoms with Crippen molar-refractivity contribution >= 4 is 22.4 Å². The van der Waals surface area contributed by atoms with Crippen LogP contribution in [0.3, 0.4) is 0 Å². The molecule has 3 aromatic heterocycles. The van der Waals surface area contributed by atoms with Crippen molar-refractivity contribution in [1.82, 2.24) is 15.1 Å². The lowest BCUT2D eigenvalue weighted by atomic mass is 10.1. The summed E-state index contributed by atoms with van der Waals surface area (Å²) < 4.78 is 10.4. The maximum atomic E-state index is 12.7. The fraction of sp³-hybridized carbons (Fsp3) is 0.100. The van der Waals surface area contributed by atoms with Crippen molar-refractivity contribution < 1.29 is 14.1 Å². The SMILES string of the molecule is COc1ccc(-c2oncc2C(=O)Nc2nc(-c3ncccc3C)cs2)cc1. The monoisotopic (exact) mass is 392 g/mol. The van der Waals surface area contributed by atoms with Gasteiger partial charge in [0.25, 0.3) is 5.91 Å². The molecule has 1 amide bonds. The van der Waals surface area contributed by atoms with Gasteiger partial charge in [0.2, 0.25) is 0 Å². The van der Waals surface area contributed by atoms with Crippen molar-refractivity contribution in [2.45, 2.75) is 6.92 Å². The summed E-state index contributed by atoms with van der Waals surface area (Å²) in [5.41, 5.74) is 3.59. The van der Waals surface area contributed by atoms with Crippen molar-refractivity contribution in [2.75, 3.05) is 12.4 Å². The molecule has 3 heterocycles. The summed E-state index contributed by atoms with van der Waals surface area (Å²) in [7, 11) is 1.59. The first-order chi connectivity index (χ1) is 13.7. The van der Waals surface area contributed by atoms with Crippen LogP contribution in [0, 0.1) is 6.92 Å². The van der Waals surface area contributed by atoms with E-state index in [1.54, 1.807) is 25.4 Å². The van der Waals surface area contributed by atoms with E-state index in [1.807, 2.05) is 36.6 Å². The van der Waals surface area contributed by atoms with E-state index in [0.717, 1.165) is 28.3 Å². The van der Waals surface area contributed by atoms with E-state index in [2.05, 4.69) is 20.4 Å². The number of methoxy groups -OCH3 is 1. The third-order valence-electron chi connectivity index (χ3n) is 4.14. The Bertz CT molecular complexity index is 1120. The predicted molar refractivity (Wildman–Crippen MR) is 107 cm³/mol. The van der Waals surface area contributed by atoms with Crippen LogP contribution in [0.1, 0.15) is 15.9 Å². The fourth-order valence-electron chi connectivity index (χ4n) is 2.71. The van der Waals surface area contributed by atoms with Gasteiger partial charge in [-0.3, -0.25) is 15.1 Å². The zero-order valence-electron chi connectivity index (χ0n) is 15.2. The second kappa shape index (κ2) is 7.61. The van der Waals surface area contributed by atoms with Crippen molar-refractivity contribution in [1.29, 1.82) is 0 Å². The third kappa shape index (κ3) is 3.49. The van der Waals surface area contributed by atoms with Gasteiger partial charge < -0.3 is 9.26 Å². The maximum Gasteiger partial charge on any atom is 0.263 e. The molecule has 0 spiro atoms. The molecule has 0 fully saturated rings. The highest BCUT2D eigenvalue weighted by molar-refractivity contribution is 7.14. The number of anilines is 1. The number of aryl methyl sites for hydroxylation is 1. The highest BCUT2D eigenvalue weighted by Crippen LogP contribution is 2.28. The molecular weight excluding hydrogens is 376 g/mol. The smallest absolute Gasteiger partial charge is 0.263 e. The largest absolute Gasteiger partial charge is 0.497 e. The molecule has 0 radical (unpaired) electrons. The second-order valence-corrected chi connectivity index (χ2v) is 6.82. The number of thiazole rings is 1. The van der Waals surface area contributed by atoms with Crippen molar-refractivity contribution in [3.8, 4) is 28.5 Å². The molecule has 0 aliphatic heterocycles. The van der Waals surface area contributed by atoms with Crippen molar-refractivity contribution in [3.63, 3.8) is 0 Å². The van der Waals surface area contributed by atoms with Gasteiger partial charge in [-0.2, -0.15) is 0 Å². The number of ether oxygens (including phenoxy) is 1. The molecule has 0 aliphatic rings. The molecule has 0 saturated heterocycles. The predicted octanol–water partition coefficient (Wildman–Crippen LogP) is 4.43. The molecule has 28 heavy (non-hydrogen) atoms. The first-order valence-electron chi connectivity index (χ1n) is 8.43. The minimum absolute atomic E-state index is 0.330. The summed E-state index contributed by atoms with van der Waals surface area (Å²) in [6, 6.07) is 11.0. The van der Waals surface area contributed by atoms with Gasteiger partial charge in [-0.1, -0.05) is 11.2 Å². The molecule has 0 bridgehead atoms. The minimum Gasteiger partial charge on any atom is -0.497 e. The van der Waals surface area contributed by atoms with Crippen LogP contribution in [0.15, 0.2) is 58.7 Å². The third-order valence-corrected chi connectivity index (χ3v) is 4.90. The summed E-state index contributed by atoms with van der Waals surface area (Å²) in [6.07, 6.45) is 3.12. The summed E-state index contributed by atoms with van der Waals surface area (Å²) in [5.74, 6) is 0.762. The van der Waals surface area contributed by atoms with Crippen LogP contribution >= 0.6 is 11.3 Å². The van der Waals surface area contributed by atoms with Crippen LogP contribution in [0.25, 0.3) is 22.7 Å². The molecular formula is C20H16N4O3S. The number of nitrogens with zero attached hydrogens (tertiary/aromatic N) is 3.